The Morgan fingerprint density at radius 2 is 1.58 bits per heavy atom. The van der Waals surface area contributed by atoms with E-state index in [0.717, 1.165) is 25.9 Å². The number of nitrogens with one attached hydrogen (secondary N) is 1. The maximum atomic E-state index is 12.6. The number of benzene rings is 1. The van der Waals surface area contributed by atoms with Crippen LogP contribution in [0, 0.1) is 0 Å². The zero-order valence-corrected chi connectivity index (χ0v) is 15.1. The van der Waals surface area contributed by atoms with Crippen LogP contribution in [0.3, 0.4) is 0 Å². The van der Waals surface area contributed by atoms with E-state index >= 15 is 0 Å². The van der Waals surface area contributed by atoms with E-state index in [1.807, 2.05) is 0 Å². The molecule has 0 radical (unpaired) electrons. The van der Waals surface area contributed by atoms with Gasteiger partial charge >= 0.3 is 0 Å². The predicted molar refractivity (Wildman–Crippen MR) is 97.5 cm³/mol. The fourth-order valence-corrected chi connectivity index (χ4v) is 2.88. The van der Waals surface area contributed by atoms with Crippen molar-refractivity contribution in [2.45, 2.75) is 12.8 Å². The first kappa shape index (κ1) is 17.8. The van der Waals surface area contributed by atoms with E-state index in [9.17, 15) is 4.79 Å². The molecule has 0 saturated carbocycles. The third-order valence-electron chi connectivity index (χ3n) is 4.21. The Morgan fingerprint density at radius 3 is 2.08 bits per heavy atom. The first-order valence-corrected chi connectivity index (χ1v) is 8.34. The molecule has 0 atom stereocenters. The molecule has 8 heteroatoms. The van der Waals surface area contributed by atoms with Gasteiger partial charge in [-0.05, 0) is 25.0 Å². The maximum absolute atomic E-state index is 12.6. The average Bonchev–Trinajstić information content (AvgIpc) is 3.22. The number of aromatic nitrogens is 2. The highest BCUT2D eigenvalue weighted by Gasteiger charge is 2.18. The van der Waals surface area contributed by atoms with Gasteiger partial charge in [0.25, 0.3) is 5.91 Å². The summed E-state index contributed by atoms with van der Waals surface area (Å²) in [7, 11) is 4.52. The number of nitrogens with zero attached hydrogens (tertiary/aromatic N) is 3. The van der Waals surface area contributed by atoms with Gasteiger partial charge in [-0.1, -0.05) is 0 Å². The van der Waals surface area contributed by atoms with Gasteiger partial charge in [-0.2, -0.15) is 0 Å². The average molecular weight is 358 g/mol. The summed E-state index contributed by atoms with van der Waals surface area (Å²) in [6.07, 6.45) is 5.53. The highest BCUT2D eigenvalue weighted by molar-refractivity contribution is 6.05. The topological polar surface area (TPSA) is 85.8 Å². The Hall–Kier alpha value is -3.03. The molecule has 26 heavy (non-hydrogen) atoms. The van der Waals surface area contributed by atoms with Crippen LogP contribution in [0.5, 0.6) is 17.2 Å². The normalized spacial score (nSPS) is 13.4. The second-order valence-electron chi connectivity index (χ2n) is 5.83. The summed E-state index contributed by atoms with van der Waals surface area (Å²) in [5.41, 5.74) is 0.898. The van der Waals surface area contributed by atoms with Crippen molar-refractivity contribution in [3.05, 3.63) is 30.1 Å². The second kappa shape index (κ2) is 7.90. The minimum absolute atomic E-state index is 0.318. The van der Waals surface area contributed by atoms with Gasteiger partial charge < -0.3 is 24.4 Å². The molecular formula is C18H22N4O4. The number of ether oxygens (including phenoxy) is 3. The highest BCUT2D eigenvalue weighted by atomic mass is 16.5. The molecule has 0 spiro atoms. The van der Waals surface area contributed by atoms with E-state index in [4.69, 9.17) is 14.2 Å². The molecule has 2 heterocycles. The zero-order chi connectivity index (χ0) is 18.5. The van der Waals surface area contributed by atoms with Crippen LogP contribution < -0.4 is 24.4 Å². The third kappa shape index (κ3) is 3.63. The lowest BCUT2D eigenvalue weighted by Crippen LogP contribution is -2.20. The van der Waals surface area contributed by atoms with Crippen molar-refractivity contribution in [2.24, 2.45) is 0 Å². The summed E-state index contributed by atoms with van der Waals surface area (Å²) in [6, 6.07) is 3.19. The summed E-state index contributed by atoms with van der Waals surface area (Å²) in [6.45, 7) is 1.94. The fourth-order valence-electron chi connectivity index (χ4n) is 2.88. The van der Waals surface area contributed by atoms with Crippen molar-refractivity contribution in [3.8, 4) is 17.2 Å². The van der Waals surface area contributed by atoms with Crippen LogP contribution in [0.15, 0.2) is 24.5 Å². The number of amides is 1. The second-order valence-corrected chi connectivity index (χ2v) is 5.83. The van der Waals surface area contributed by atoms with E-state index in [0.29, 0.717) is 34.4 Å². The van der Waals surface area contributed by atoms with Crippen LogP contribution in [-0.4, -0.2) is 50.3 Å². The van der Waals surface area contributed by atoms with Crippen molar-refractivity contribution in [3.63, 3.8) is 0 Å². The number of anilines is 2. The Bertz CT molecular complexity index is 748. The third-order valence-corrected chi connectivity index (χ3v) is 4.21. The summed E-state index contributed by atoms with van der Waals surface area (Å²) in [4.78, 5) is 23.4. The van der Waals surface area contributed by atoms with E-state index in [-0.39, 0.29) is 5.91 Å². The summed E-state index contributed by atoms with van der Waals surface area (Å²) in [5.74, 6) is 1.63. The van der Waals surface area contributed by atoms with Gasteiger partial charge in [0.15, 0.2) is 11.5 Å². The molecule has 2 aromatic rings. The minimum Gasteiger partial charge on any atom is -0.493 e. The van der Waals surface area contributed by atoms with Crippen molar-refractivity contribution in [1.82, 2.24) is 9.97 Å². The van der Waals surface area contributed by atoms with Gasteiger partial charge in [0.2, 0.25) is 11.7 Å². The van der Waals surface area contributed by atoms with Crippen molar-refractivity contribution in [2.75, 3.05) is 44.6 Å². The largest absolute Gasteiger partial charge is 0.493 e. The molecule has 1 N–H and O–H groups in total. The standard InChI is InChI=1S/C18H22N4O4/c1-24-14-8-12(9-15(25-2)16(14)26-3)17(23)21-13-10-19-18(20-11-13)22-6-4-5-7-22/h8-11H,4-7H2,1-3H3,(H,21,23). The molecule has 0 unspecified atom stereocenters. The smallest absolute Gasteiger partial charge is 0.256 e. The van der Waals surface area contributed by atoms with Crippen LogP contribution in [0.1, 0.15) is 23.2 Å². The summed E-state index contributed by atoms with van der Waals surface area (Å²) < 4.78 is 15.8. The number of rotatable bonds is 6. The lowest BCUT2D eigenvalue weighted by molar-refractivity contribution is 0.102. The first-order chi connectivity index (χ1) is 12.7. The molecule has 3 rings (SSSR count). The van der Waals surface area contributed by atoms with E-state index in [1.54, 1.807) is 24.5 Å². The van der Waals surface area contributed by atoms with Crippen LogP contribution >= 0.6 is 0 Å². The molecule has 1 aliphatic heterocycles. The first-order valence-electron chi connectivity index (χ1n) is 8.34. The molecule has 0 aliphatic carbocycles. The zero-order valence-electron chi connectivity index (χ0n) is 15.1. The van der Waals surface area contributed by atoms with Gasteiger partial charge in [-0.3, -0.25) is 4.79 Å². The molecule has 1 aromatic carbocycles. The number of methoxy groups -OCH3 is 3. The van der Waals surface area contributed by atoms with Crippen molar-refractivity contribution in [1.29, 1.82) is 0 Å². The van der Waals surface area contributed by atoms with E-state index in [1.165, 1.54) is 21.3 Å². The Kier molecular flexibility index (Phi) is 5.40. The van der Waals surface area contributed by atoms with E-state index < -0.39 is 0 Å². The molecule has 1 saturated heterocycles. The van der Waals surface area contributed by atoms with Gasteiger partial charge in [-0.15, -0.1) is 0 Å². The lowest BCUT2D eigenvalue weighted by Gasteiger charge is -2.15. The van der Waals surface area contributed by atoms with Gasteiger partial charge in [0.05, 0.1) is 39.4 Å². The Morgan fingerprint density at radius 1 is 1.00 bits per heavy atom. The molecule has 8 nitrogen and oxygen atoms in total. The van der Waals surface area contributed by atoms with Crippen LogP contribution in [0.25, 0.3) is 0 Å². The van der Waals surface area contributed by atoms with Crippen LogP contribution in [0.2, 0.25) is 0 Å². The number of hydrogen-bond donors (Lipinski definition) is 1. The SMILES string of the molecule is COc1cc(C(=O)Nc2cnc(N3CCCC3)nc2)cc(OC)c1OC. The lowest BCUT2D eigenvalue weighted by atomic mass is 10.1. The highest BCUT2D eigenvalue weighted by Crippen LogP contribution is 2.38. The quantitative estimate of drug-likeness (QED) is 0.848. The molecule has 1 aliphatic rings. The van der Waals surface area contributed by atoms with Crippen molar-refractivity contribution >= 4 is 17.5 Å². The van der Waals surface area contributed by atoms with Crippen LogP contribution in [-0.2, 0) is 0 Å². The number of carbonyl (C=O) groups excluding carboxylic acids is 1. The molecule has 1 fully saturated rings. The fraction of sp³-hybridized carbons (Fsp3) is 0.389. The molecule has 1 amide bonds. The molecule has 138 valence electrons. The van der Waals surface area contributed by atoms with E-state index in [2.05, 4.69) is 20.2 Å². The maximum Gasteiger partial charge on any atom is 0.256 e. The summed E-state index contributed by atoms with van der Waals surface area (Å²) >= 11 is 0. The van der Waals surface area contributed by atoms with Crippen LogP contribution in [0.4, 0.5) is 11.6 Å². The number of carbonyl (C=O) groups is 1. The minimum atomic E-state index is -0.318. The summed E-state index contributed by atoms with van der Waals surface area (Å²) in [5, 5.41) is 2.78. The van der Waals surface area contributed by atoms with Gasteiger partial charge in [0, 0.05) is 18.7 Å². The predicted octanol–water partition coefficient (Wildman–Crippen LogP) is 2.35. The molecule has 0 bridgehead atoms. The van der Waals surface area contributed by atoms with Gasteiger partial charge in [0.1, 0.15) is 0 Å². The van der Waals surface area contributed by atoms with Gasteiger partial charge in [-0.25, -0.2) is 9.97 Å². The monoisotopic (exact) mass is 358 g/mol. The Balaban J connectivity index is 1.77. The van der Waals surface area contributed by atoms with Crippen molar-refractivity contribution < 1.29 is 19.0 Å². The molecule has 1 aromatic heterocycles. The Labute approximate surface area is 152 Å². The number of hydrogen-bond acceptors (Lipinski definition) is 7. The molecular weight excluding hydrogens is 336 g/mol.